The Hall–Kier alpha value is -2.28. The fourth-order valence-electron chi connectivity index (χ4n) is 4.37. The van der Waals surface area contributed by atoms with Crippen molar-refractivity contribution in [3.8, 4) is 11.5 Å². The third-order valence-corrected chi connectivity index (χ3v) is 6.00. The van der Waals surface area contributed by atoms with Gasteiger partial charge in [-0.15, -0.1) is 0 Å². The topological polar surface area (TPSA) is 71.0 Å². The summed E-state index contributed by atoms with van der Waals surface area (Å²) < 4.78 is 12.3. The molecule has 30 heavy (non-hydrogen) atoms. The van der Waals surface area contributed by atoms with Crippen LogP contribution in [0.15, 0.2) is 48.5 Å². The zero-order chi connectivity index (χ0) is 21.1. The monoisotopic (exact) mass is 430 g/mol. The first-order chi connectivity index (χ1) is 14.5. The molecule has 4 atom stereocenters. The van der Waals surface area contributed by atoms with Gasteiger partial charge in [-0.1, -0.05) is 23.7 Å². The molecule has 2 N–H and O–H groups in total. The Morgan fingerprint density at radius 1 is 1.10 bits per heavy atom. The minimum Gasteiger partial charge on any atom is -0.485 e. The van der Waals surface area contributed by atoms with E-state index in [-0.39, 0.29) is 24.3 Å². The lowest BCUT2D eigenvalue weighted by Gasteiger charge is -2.33. The number of ether oxygens (including phenoxy) is 2. The average molecular weight is 431 g/mol. The molecular formula is C23H27ClN2O4. The van der Waals surface area contributed by atoms with Crippen molar-refractivity contribution in [2.24, 2.45) is 0 Å². The zero-order valence-corrected chi connectivity index (χ0v) is 17.7. The molecule has 1 aliphatic heterocycles. The maximum atomic E-state index is 11.5. The number of amides is 1. The Kier molecular flexibility index (Phi) is 6.46. The largest absolute Gasteiger partial charge is 0.485 e. The van der Waals surface area contributed by atoms with Crippen LogP contribution in [0.2, 0.25) is 5.02 Å². The summed E-state index contributed by atoms with van der Waals surface area (Å²) in [6, 6.07) is 14.7. The van der Waals surface area contributed by atoms with Crippen LogP contribution in [0.1, 0.15) is 32.6 Å². The van der Waals surface area contributed by atoms with Gasteiger partial charge in [0.1, 0.15) is 23.7 Å². The molecule has 0 spiro atoms. The predicted octanol–water partition coefficient (Wildman–Crippen LogP) is 4.07. The normalized spacial score (nSPS) is 26.5. The molecule has 1 saturated heterocycles. The lowest BCUT2D eigenvalue weighted by molar-refractivity contribution is -0.114. The molecule has 2 aromatic carbocycles. The lowest BCUT2D eigenvalue weighted by atomic mass is 10.1. The Morgan fingerprint density at radius 3 is 2.63 bits per heavy atom. The first-order valence-corrected chi connectivity index (χ1v) is 10.8. The van der Waals surface area contributed by atoms with Gasteiger partial charge in [-0.05, 0) is 62.1 Å². The van der Waals surface area contributed by atoms with Gasteiger partial charge in [0, 0.05) is 24.5 Å². The minimum atomic E-state index is -0.634. The van der Waals surface area contributed by atoms with E-state index in [9.17, 15) is 9.90 Å². The number of hydrogen-bond acceptors (Lipinski definition) is 5. The van der Waals surface area contributed by atoms with E-state index >= 15 is 0 Å². The number of nitrogens with one attached hydrogen (secondary N) is 1. The van der Waals surface area contributed by atoms with E-state index < -0.39 is 6.10 Å². The highest BCUT2D eigenvalue weighted by molar-refractivity contribution is 6.30. The molecule has 1 unspecified atom stereocenters. The molecule has 2 fully saturated rings. The van der Waals surface area contributed by atoms with E-state index in [0.29, 0.717) is 16.5 Å². The zero-order valence-electron chi connectivity index (χ0n) is 17.0. The van der Waals surface area contributed by atoms with E-state index in [1.807, 2.05) is 42.5 Å². The van der Waals surface area contributed by atoms with Crippen LogP contribution in [-0.4, -0.2) is 46.9 Å². The predicted molar refractivity (Wildman–Crippen MR) is 116 cm³/mol. The molecule has 1 saturated carbocycles. The SMILES string of the molecule is CC(=O)Nc1ccccc1O[C@H]1CC[C@H](N2CCCC2Oc2ccc(Cl)cc2)[C@H]1O. The number of para-hydroxylation sites is 2. The second-order valence-corrected chi connectivity index (χ2v) is 8.31. The second kappa shape index (κ2) is 9.25. The van der Waals surface area contributed by atoms with Gasteiger partial charge in [-0.25, -0.2) is 0 Å². The number of likely N-dealkylation sites (tertiary alicyclic amines) is 1. The lowest BCUT2D eigenvalue weighted by Crippen LogP contribution is -2.48. The summed E-state index contributed by atoms with van der Waals surface area (Å²) in [5.74, 6) is 1.20. The molecule has 7 heteroatoms. The average Bonchev–Trinajstić information content (AvgIpc) is 3.31. The fourth-order valence-corrected chi connectivity index (χ4v) is 4.50. The number of aliphatic hydroxyl groups is 1. The number of anilines is 1. The standard InChI is InChI=1S/C23H27ClN2O4/c1-15(27)25-18-5-2-3-6-20(18)30-21-13-12-19(23(21)28)26-14-4-7-22(26)29-17-10-8-16(24)9-11-17/h2-3,5-6,8-11,19,21-23,28H,4,7,12-14H2,1H3,(H,25,27)/t19-,21-,22?,23+/m0/s1. The van der Waals surface area contributed by atoms with Crippen LogP contribution in [0, 0.1) is 0 Å². The molecule has 1 aliphatic carbocycles. The summed E-state index contributed by atoms with van der Waals surface area (Å²) in [5.41, 5.74) is 0.616. The van der Waals surface area contributed by atoms with Crippen LogP contribution < -0.4 is 14.8 Å². The van der Waals surface area contributed by atoms with E-state index in [1.54, 1.807) is 6.07 Å². The molecule has 6 nitrogen and oxygen atoms in total. The molecule has 4 rings (SSSR count). The number of carbonyl (C=O) groups is 1. The second-order valence-electron chi connectivity index (χ2n) is 7.88. The molecular weight excluding hydrogens is 404 g/mol. The third-order valence-electron chi connectivity index (χ3n) is 5.75. The summed E-state index contributed by atoms with van der Waals surface area (Å²) >= 11 is 5.97. The van der Waals surface area contributed by atoms with Gasteiger partial charge in [0.2, 0.25) is 5.91 Å². The van der Waals surface area contributed by atoms with Crippen molar-refractivity contribution >= 4 is 23.2 Å². The number of nitrogens with zero attached hydrogens (tertiary/aromatic N) is 1. The van der Waals surface area contributed by atoms with Crippen LogP contribution in [0.5, 0.6) is 11.5 Å². The minimum absolute atomic E-state index is 0.0253. The fraction of sp³-hybridized carbons (Fsp3) is 0.435. The molecule has 2 aromatic rings. The maximum Gasteiger partial charge on any atom is 0.221 e. The van der Waals surface area contributed by atoms with E-state index in [2.05, 4.69) is 10.2 Å². The number of rotatable bonds is 6. The van der Waals surface area contributed by atoms with Gasteiger partial charge >= 0.3 is 0 Å². The molecule has 160 valence electrons. The van der Waals surface area contributed by atoms with Gasteiger partial charge in [-0.3, -0.25) is 9.69 Å². The quantitative estimate of drug-likeness (QED) is 0.722. The Morgan fingerprint density at radius 2 is 1.87 bits per heavy atom. The van der Waals surface area contributed by atoms with Crippen molar-refractivity contribution in [1.29, 1.82) is 0 Å². The summed E-state index contributed by atoms with van der Waals surface area (Å²) in [6.45, 7) is 2.35. The van der Waals surface area contributed by atoms with E-state index in [1.165, 1.54) is 6.92 Å². The van der Waals surface area contributed by atoms with Gasteiger partial charge in [-0.2, -0.15) is 0 Å². The molecule has 1 amide bonds. The smallest absolute Gasteiger partial charge is 0.221 e. The number of aliphatic hydroxyl groups excluding tert-OH is 1. The highest BCUT2D eigenvalue weighted by atomic mass is 35.5. The number of hydrogen-bond donors (Lipinski definition) is 2. The van der Waals surface area contributed by atoms with Gasteiger partial charge in [0.25, 0.3) is 0 Å². The van der Waals surface area contributed by atoms with Crippen molar-refractivity contribution in [3.63, 3.8) is 0 Å². The van der Waals surface area contributed by atoms with Crippen LogP contribution in [0.25, 0.3) is 0 Å². The first kappa shape index (κ1) is 21.0. The summed E-state index contributed by atoms with van der Waals surface area (Å²) in [6.07, 6.45) is 2.47. The van der Waals surface area contributed by atoms with E-state index in [4.69, 9.17) is 21.1 Å². The molecule has 0 aromatic heterocycles. The molecule has 1 heterocycles. The first-order valence-electron chi connectivity index (χ1n) is 10.4. The number of carbonyl (C=O) groups excluding carboxylic acids is 1. The van der Waals surface area contributed by atoms with Crippen LogP contribution in [0.4, 0.5) is 5.69 Å². The van der Waals surface area contributed by atoms with Crippen LogP contribution in [0.3, 0.4) is 0 Å². The van der Waals surface area contributed by atoms with Crippen LogP contribution >= 0.6 is 11.6 Å². The number of benzene rings is 2. The third kappa shape index (κ3) is 4.72. The molecule has 0 radical (unpaired) electrons. The van der Waals surface area contributed by atoms with E-state index in [0.717, 1.165) is 38.0 Å². The van der Waals surface area contributed by atoms with Crippen molar-refractivity contribution in [2.75, 3.05) is 11.9 Å². The van der Waals surface area contributed by atoms with Crippen molar-refractivity contribution < 1.29 is 19.4 Å². The van der Waals surface area contributed by atoms with Gasteiger partial charge in [0.05, 0.1) is 5.69 Å². The summed E-state index contributed by atoms with van der Waals surface area (Å²) in [5, 5.41) is 14.5. The maximum absolute atomic E-state index is 11.5. The Balaban J connectivity index is 1.42. The van der Waals surface area contributed by atoms with Gasteiger partial charge in [0.15, 0.2) is 6.23 Å². The van der Waals surface area contributed by atoms with Gasteiger partial charge < -0.3 is 19.9 Å². The summed E-state index contributed by atoms with van der Waals surface area (Å²) in [7, 11) is 0. The highest BCUT2D eigenvalue weighted by Gasteiger charge is 2.44. The van der Waals surface area contributed by atoms with Crippen molar-refractivity contribution in [3.05, 3.63) is 53.6 Å². The van der Waals surface area contributed by atoms with Crippen LogP contribution in [-0.2, 0) is 4.79 Å². The Bertz CT molecular complexity index is 876. The Labute approximate surface area is 181 Å². The van der Waals surface area contributed by atoms with Crippen molar-refractivity contribution in [2.45, 2.75) is 57.1 Å². The number of halogens is 1. The molecule has 2 aliphatic rings. The summed E-state index contributed by atoms with van der Waals surface area (Å²) in [4.78, 5) is 13.7. The highest BCUT2D eigenvalue weighted by Crippen LogP contribution is 2.35. The van der Waals surface area contributed by atoms with Crippen molar-refractivity contribution in [1.82, 2.24) is 4.90 Å². The molecule has 0 bridgehead atoms.